The molecule has 1 aliphatic heterocycles. The Morgan fingerprint density at radius 1 is 1.00 bits per heavy atom. The fourth-order valence-electron chi connectivity index (χ4n) is 4.14. The van der Waals surface area contributed by atoms with Gasteiger partial charge in [0.05, 0.1) is 40.6 Å². The van der Waals surface area contributed by atoms with E-state index in [0.29, 0.717) is 11.3 Å². The van der Waals surface area contributed by atoms with Crippen molar-refractivity contribution in [2.24, 2.45) is 0 Å². The lowest BCUT2D eigenvalue weighted by molar-refractivity contribution is -0.385. The average molecular weight is 467 g/mol. The summed E-state index contributed by atoms with van der Waals surface area (Å²) >= 11 is 0. The Labute approximate surface area is 193 Å². The van der Waals surface area contributed by atoms with Gasteiger partial charge < -0.3 is 14.7 Å². The number of nitrogens with zero attached hydrogens (tertiary/aromatic N) is 3. The van der Waals surface area contributed by atoms with Gasteiger partial charge in [-0.2, -0.15) is 0 Å². The maximum absolute atomic E-state index is 12.9. The molecule has 2 aromatic carbocycles. The van der Waals surface area contributed by atoms with Crippen molar-refractivity contribution in [1.29, 1.82) is 0 Å². The third-order valence-corrected chi connectivity index (χ3v) is 5.73. The number of nitro benzene ring substituents is 2. The second-order valence-electron chi connectivity index (χ2n) is 7.55. The highest BCUT2D eigenvalue weighted by molar-refractivity contribution is 5.99. The van der Waals surface area contributed by atoms with Gasteiger partial charge in [0.15, 0.2) is 0 Å². The molecule has 1 N–H and O–H groups in total. The summed E-state index contributed by atoms with van der Waals surface area (Å²) in [6, 6.07) is 11.4. The quantitative estimate of drug-likeness (QED) is 0.363. The van der Waals surface area contributed by atoms with Crippen LogP contribution in [0.15, 0.2) is 71.1 Å². The number of carboxylic acids is 1. The first-order valence-corrected chi connectivity index (χ1v) is 10.1. The first-order valence-electron chi connectivity index (χ1n) is 10.1. The normalized spacial score (nSPS) is 15.9. The first kappa shape index (κ1) is 24.1. The number of rotatable bonds is 7. The minimum Gasteiger partial charge on any atom is -0.478 e. The summed E-state index contributed by atoms with van der Waals surface area (Å²) in [7, 11) is 1.14. The molecule has 0 saturated heterocycles. The monoisotopic (exact) mass is 467 g/mol. The molecule has 1 aliphatic rings. The number of allylic oxidation sites excluding steroid dienone is 2. The lowest BCUT2D eigenvalue weighted by Crippen LogP contribution is -2.34. The van der Waals surface area contributed by atoms with E-state index in [1.165, 1.54) is 48.2 Å². The van der Waals surface area contributed by atoms with Gasteiger partial charge in [0.1, 0.15) is 0 Å². The van der Waals surface area contributed by atoms with E-state index in [0.717, 1.165) is 7.11 Å². The number of carboxylic acid groups (broad SMARTS) is 1. The summed E-state index contributed by atoms with van der Waals surface area (Å²) in [5.74, 6) is -3.30. The molecule has 1 unspecified atom stereocenters. The molecule has 0 amide bonds. The topological polar surface area (TPSA) is 153 Å². The van der Waals surface area contributed by atoms with Crippen molar-refractivity contribution >= 4 is 23.3 Å². The van der Waals surface area contributed by atoms with Gasteiger partial charge >= 0.3 is 11.9 Å². The zero-order valence-electron chi connectivity index (χ0n) is 18.5. The first-order chi connectivity index (χ1) is 16.1. The van der Waals surface area contributed by atoms with E-state index in [-0.39, 0.29) is 40.3 Å². The van der Waals surface area contributed by atoms with Crippen LogP contribution >= 0.6 is 0 Å². The zero-order valence-corrected chi connectivity index (χ0v) is 18.5. The molecule has 0 bridgehead atoms. The Balaban J connectivity index is 2.26. The number of ether oxygens (including phenoxy) is 1. The van der Waals surface area contributed by atoms with Gasteiger partial charge in [0, 0.05) is 35.2 Å². The van der Waals surface area contributed by atoms with E-state index in [9.17, 15) is 34.9 Å². The fraction of sp³-hybridized carbons (Fsp3) is 0.217. The molecular formula is C23H21N3O8. The predicted molar refractivity (Wildman–Crippen MR) is 120 cm³/mol. The van der Waals surface area contributed by atoms with Crippen LogP contribution < -0.4 is 0 Å². The van der Waals surface area contributed by atoms with E-state index in [4.69, 9.17) is 4.74 Å². The number of hydrogen-bond acceptors (Lipinski definition) is 8. The van der Waals surface area contributed by atoms with Crippen molar-refractivity contribution in [3.05, 3.63) is 102 Å². The van der Waals surface area contributed by atoms with Crippen LogP contribution in [-0.4, -0.2) is 38.9 Å². The standard InChI is InChI=1S/C23H21N3O8/c1-13-19(22(27)28)21(15-8-6-9-17(11-15)25(30)31)20(23(29)34-3)14(2)24(13)12-16-7-4-5-10-18(16)26(32)33/h4-11,21H,12H2,1-3H3,(H,27,28). The molecule has 0 aromatic heterocycles. The number of carbonyl (C=O) groups is 2. The largest absolute Gasteiger partial charge is 0.478 e. The molecule has 0 spiro atoms. The van der Waals surface area contributed by atoms with E-state index in [2.05, 4.69) is 0 Å². The summed E-state index contributed by atoms with van der Waals surface area (Å²) in [5, 5.41) is 32.9. The summed E-state index contributed by atoms with van der Waals surface area (Å²) in [4.78, 5) is 48.4. The zero-order chi connectivity index (χ0) is 25.2. The number of methoxy groups -OCH3 is 1. The molecule has 34 heavy (non-hydrogen) atoms. The highest BCUT2D eigenvalue weighted by Crippen LogP contribution is 2.44. The van der Waals surface area contributed by atoms with Crippen LogP contribution in [0.5, 0.6) is 0 Å². The highest BCUT2D eigenvalue weighted by atomic mass is 16.6. The summed E-state index contributed by atoms with van der Waals surface area (Å²) in [6.07, 6.45) is 0. The minimum atomic E-state index is -1.34. The number of nitro groups is 2. The molecule has 0 saturated carbocycles. The lowest BCUT2D eigenvalue weighted by atomic mass is 9.79. The number of aliphatic carboxylic acids is 1. The Bertz CT molecular complexity index is 1260. The number of hydrogen-bond donors (Lipinski definition) is 1. The number of para-hydroxylation sites is 1. The van der Waals surface area contributed by atoms with Crippen molar-refractivity contribution in [3.63, 3.8) is 0 Å². The number of esters is 1. The molecule has 0 fully saturated rings. The summed E-state index contributed by atoms with van der Waals surface area (Å²) in [6.45, 7) is 3.03. The molecular weight excluding hydrogens is 446 g/mol. The van der Waals surface area contributed by atoms with E-state index >= 15 is 0 Å². The summed E-state index contributed by atoms with van der Waals surface area (Å²) in [5.41, 5.74) is 0.487. The van der Waals surface area contributed by atoms with Gasteiger partial charge in [-0.3, -0.25) is 20.2 Å². The van der Waals surface area contributed by atoms with E-state index in [1.807, 2.05) is 0 Å². The van der Waals surface area contributed by atoms with Gasteiger partial charge in [-0.05, 0) is 19.4 Å². The van der Waals surface area contributed by atoms with Crippen LogP contribution in [0.3, 0.4) is 0 Å². The Hall–Kier alpha value is -4.54. The third-order valence-electron chi connectivity index (χ3n) is 5.73. The van der Waals surface area contributed by atoms with E-state index < -0.39 is 27.7 Å². The minimum absolute atomic E-state index is 0.0235. The van der Waals surface area contributed by atoms with Crippen LogP contribution in [-0.2, 0) is 20.9 Å². The lowest BCUT2D eigenvalue weighted by Gasteiger charge is -2.37. The van der Waals surface area contributed by atoms with Gasteiger partial charge in [-0.15, -0.1) is 0 Å². The van der Waals surface area contributed by atoms with Crippen molar-refractivity contribution in [2.45, 2.75) is 26.3 Å². The van der Waals surface area contributed by atoms with Crippen LogP contribution in [0.4, 0.5) is 11.4 Å². The van der Waals surface area contributed by atoms with Crippen molar-refractivity contribution in [1.82, 2.24) is 4.90 Å². The smallest absolute Gasteiger partial charge is 0.336 e. The van der Waals surface area contributed by atoms with E-state index in [1.54, 1.807) is 19.1 Å². The fourth-order valence-corrected chi connectivity index (χ4v) is 4.14. The van der Waals surface area contributed by atoms with Crippen LogP contribution in [0, 0.1) is 20.2 Å². The van der Waals surface area contributed by atoms with Gasteiger partial charge in [-0.1, -0.05) is 30.3 Å². The maximum atomic E-state index is 12.9. The highest BCUT2D eigenvalue weighted by Gasteiger charge is 2.40. The second-order valence-corrected chi connectivity index (χ2v) is 7.55. The van der Waals surface area contributed by atoms with Crippen molar-refractivity contribution in [3.8, 4) is 0 Å². The van der Waals surface area contributed by atoms with Crippen LogP contribution in [0.2, 0.25) is 0 Å². The molecule has 11 heteroatoms. The molecule has 0 radical (unpaired) electrons. The SMILES string of the molecule is COC(=O)C1=C(C)N(Cc2ccccc2[N+](=O)[O-])C(C)=C(C(=O)O)C1c1cccc([N+](=O)[O-])c1. The molecule has 1 heterocycles. The Morgan fingerprint density at radius 2 is 1.65 bits per heavy atom. The molecule has 3 rings (SSSR count). The van der Waals surface area contributed by atoms with Crippen LogP contribution in [0.1, 0.15) is 30.9 Å². The average Bonchev–Trinajstić information content (AvgIpc) is 2.80. The second kappa shape index (κ2) is 9.53. The van der Waals surface area contributed by atoms with Gasteiger partial charge in [-0.25, -0.2) is 9.59 Å². The third kappa shape index (κ3) is 4.35. The number of benzene rings is 2. The number of non-ortho nitro benzene ring substituents is 1. The maximum Gasteiger partial charge on any atom is 0.336 e. The number of carbonyl (C=O) groups excluding carboxylic acids is 1. The Kier molecular flexibility index (Phi) is 6.76. The van der Waals surface area contributed by atoms with Gasteiger partial charge in [0.25, 0.3) is 11.4 Å². The van der Waals surface area contributed by atoms with Crippen molar-refractivity contribution in [2.75, 3.05) is 7.11 Å². The van der Waals surface area contributed by atoms with Crippen molar-refractivity contribution < 1.29 is 29.3 Å². The Morgan fingerprint density at radius 3 is 2.24 bits per heavy atom. The molecule has 2 aromatic rings. The molecule has 176 valence electrons. The predicted octanol–water partition coefficient (Wildman–Crippen LogP) is 3.91. The molecule has 1 atom stereocenters. The molecule has 11 nitrogen and oxygen atoms in total. The molecule has 0 aliphatic carbocycles. The van der Waals surface area contributed by atoms with Gasteiger partial charge in [0.2, 0.25) is 0 Å². The summed E-state index contributed by atoms with van der Waals surface area (Å²) < 4.78 is 4.93. The van der Waals surface area contributed by atoms with Crippen LogP contribution in [0.25, 0.3) is 0 Å².